The first-order valence-corrected chi connectivity index (χ1v) is 10.4. The maximum absolute atomic E-state index is 11.8. The van der Waals surface area contributed by atoms with E-state index in [4.69, 9.17) is 4.74 Å². The number of hydrogen-bond donors (Lipinski definition) is 1. The SMILES string of the molecule is COC(=O)/C=C1/S/C(=N\N=Cc2cc(Br)ccc2OCc2ccccc2C)NC1=O. The lowest BCUT2D eigenvalue weighted by molar-refractivity contribution is -0.135. The van der Waals surface area contributed by atoms with Crippen molar-refractivity contribution >= 4 is 51.0 Å². The summed E-state index contributed by atoms with van der Waals surface area (Å²) in [6.07, 6.45) is 2.65. The van der Waals surface area contributed by atoms with Gasteiger partial charge in [0.15, 0.2) is 5.17 Å². The Morgan fingerprint density at radius 1 is 1.27 bits per heavy atom. The van der Waals surface area contributed by atoms with Gasteiger partial charge in [0.1, 0.15) is 12.4 Å². The van der Waals surface area contributed by atoms with E-state index in [1.807, 2.05) is 49.4 Å². The molecule has 1 saturated heterocycles. The number of nitrogens with zero attached hydrogens (tertiary/aromatic N) is 2. The van der Waals surface area contributed by atoms with E-state index in [0.717, 1.165) is 39.0 Å². The molecule has 1 heterocycles. The molecule has 0 saturated carbocycles. The molecular weight excluding hydrogens is 470 g/mol. The lowest BCUT2D eigenvalue weighted by Gasteiger charge is -2.11. The monoisotopic (exact) mass is 487 g/mol. The fourth-order valence-electron chi connectivity index (χ4n) is 2.46. The van der Waals surface area contributed by atoms with Crippen LogP contribution in [-0.2, 0) is 20.9 Å². The molecule has 1 aliphatic heterocycles. The number of hydrogen-bond acceptors (Lipinski definition) is 7. The van der Waals surface area contributed by atoms with Crippen molar-refractivity contribution in [2.24, 2.45) is 10.2 Å². The molecule has 0 radical (unpaired) electrons. The van der Waals surface area contributed by atoms with Crippen molar-refractivity contribution in [1.82, 2.24) is 5.32 Å². The largest absolute Gasteiger partial charge is 0.488 e. The van der Waals surface area contributed by atoms with Crippen LogP contribution in [0.2, 0.25) is 0 Å². The normalized spacial score (nSPS) is 16.3. The first kappa shape index (κ1) is 21.8. The van der Waals surface area contributed by atoms with Gasteiger partial charge in [0.2, 0.25) is 0 Å². The van der Waals surface area contributed by atoms with Gasteiger partial charge in [-0.25, -0.2) is 4.79 Å². The topological polar surface area (TPSA) is 89.3 Å². The number of carbonyl (C=O) groups excluding carboxylic acids is 2. The van der Waals surface area contributed by atoms with Gasteiger partial charge < -0.3 is 9.47 Å². The molecule has 0 aliphatic carbocycles. The average Bonchev–Trinajstić information content (AvgIpc) is 3.07. The van der Waals surface area contributed by atoms with Crippen molar-refractivity contribution in [3.63, 3.8) is 0 Å². The van der Waals surface area contributed by atoms with E-state index < -0.39 is 11.9 Å². The summed E-state index contributed by atoms with van der Waals surface area (Å²) in [5, 5.41) is 10.9. The van der Waals surface area contributed by atoms with Gasteiger partial charge in [-0.1, -0.05) is 40.2 Å². The van der Waals surface area contributed by atoms with E-state index in [0.29, 0.717) is 12.4 Å². The smallest absolute Gasteiger partial charge is 0.331 e. The molecule has 3 rings (SSSR count). The Bertz CT molecular complexity index is 1070. The summed E-state index contributed by atoms with van der Waals surface area (Å²) < 4.78 is 11.4. The van der Waals surface area contributed by atoms with E-state index in [9.17, 15) is 9.59 Å². The molecule has 0 unspecified atom stereocenters. The number of benzene rings is 2. The Kier molecular flexibility index (Phi) is 7.42. The molecule has 0 spiro atoms. The van der Waals surface area contributed by atoms with Crippen molar-refractivity contribution < 1.29 is 19.1 Å². The van der Waals surface area contributed by atoms with Crippen LogP contribution in [0.3, 0.4) is 0 Å². The van der Waals surface area contributed by atoms with Crippen molar-refractivity contribution in [2.75, 3.05) is 7.11 Å². The Hall–Kier alpha value is -2.91. The number of amidine groups is 1. The number of thioether (sulfide) groups is 1. The number of amides is 1. The predicted molar refractivity (Wildman–Crippen MR) is 121 cm³/mol. The summed E-state index contributed by atoms with van der Waals surface area (Å²) in [5.41, 5.74) is 2.97. The van der Waals surface area contributed by atoms with Crippen LogP contribution in [0.15, 0.2) is 68.1 Å². The number of ether oxygens (including phenoxy) is 2. The highest BCUT2D eigenvalue weighted by molar-refractivity contribution is 9.10. The zero-order chi connectivity index (χ0) is 21.5. The number of nitrogens with one attached hydrogen (secondary N) is 1. The van der Waals surface area contributed by atoms with Crippen molar-refractivity contribution in [3.05, 3.63) is 74.6 Å². The molecular formula is C21H18BrN3O4S. The fourth-order valence-corrected chi connectivity index (χ4v) is 3.58. The Morgan fingerprint density at radius 3 is 2.83 bits per heavy atom. The molecule has 1 aliphatic rings. The lowest BCUT2D eigenvalue weighted by atomic mass is 10.1. The van der Waals surface area contributed by atoms with Crippen molar-refractivity contribution in [1.29, 1.82) is 0 Å². The summed E-state index contributed by atoms with van der Waals surface area (Å²) in [4.78, 5) is 23.3. The van der Waals surface area contributed by atoms with Crippen molar-refractivity contribution in [3.8, 4) is 5.75 Å². The van der Waals surface area contributed by atoms with E-state index >= 15 is 0 Å². The van der Waals surface area contributed by atoms with Crippen LogP contribution in [-0.4, -0.2) is 30.4 Å². The lowest BCUT2D eigenvalue weighted by Crippen LogP contribution is -2.19. The Morgan fingerprint density at radius 2 is 2.07 bits per heavy atom. The first-order valence-electron chi connectivity index (χ1n) is 8.83. The van der Waals surface area contributed by atoms with Crippen molar-refractivity contribution in [2.45, 2.75) is 13.5 Å². The maximum atomic E-state index is 11.8. The summed E-state index contributed by atoms with van der Waals surface area (Å²) >= 11 is 4.45. The standard InChI is InChI=1S/C21H18BrN3O4S/c1-13-5-3-4-6-14(13)12-29-17-8-7-16(22)9-15(17)11-23-25-21-24-20(27)18(30-21)10-19(26)28-2/h3-11H,12H2,1-2H3,(H,24,25,27)/b18-10+,23-11?. The van der Waals surface area contributed by atoms with E-state index in [1.54, 1.807) is 6.21 Å². The van der Waals surface area contributed by atoms with Crippen LogP contribution in [0.5, 0.6) is 5.75 Å². The number of rotatable bonds is 6. The third-order valence-electron chi connectivity index (χ3n) is 4.06. The van der Waals surface area contributed by atoms with Crippen LogP contribution in [0, 0.1) is 6.92 Å². The molecule has 2 aromatic carbocycles. The quantitative estimate of drug-likeness (QED) is 0.288. The molecule has 2 aromatic rings. The van der Waals surface area contributed by atoms with Gasteiger partial charge in [0.25, 0.3) is 5.91 Å². The second-order valence-electron chi connectivity index (χ2n) is 6.13. The van der Waals surface area contributed by atoms with E-state index in [2.05, 4.69) is 36.2 Å². The minimum Gasteiger partial charge on any atom is -0.488 e. The number of halogens is 1. The van der Waals surface area contributed by atoms with Crippen LogP contribution >= 0.6 is 27.7 Å². The number of methoxy groups -OCH3 is 1. The molecule has 1 fully saturated rings. The zero-order valence-corrected chi connectivity index (χ0v) is 18.6. The molecule has 0 aromatic heterocycles. The first-order chi connectivity index (χ1) is 14.5. The Balaban J connectivity index is 1.72. The van der Waals surface area contributed by atoms with Gasteiger partial charge >= 0.3 is 5.97 Å². The Labute approximate surface area is 186 Å². The molecule has 30 heavy (non-hydrogen) atoms. The van der Waals surface area contributed by atoms with Gasteiger partial charge in [-0.2, -0.15) is 5.10 Å². The highest BCUT2D eigenvalue weighted by atomic mass is 79.9. The van der Waals surface area contributed by atoms with E-state index in [1.165, 1.54) is 7.11 Å². The van der Waals surface area contributed by atoms with Crippen LogP contribution < -0.4 is 10.1 Å². The van der Waals surface area contributed by atoms with Crippen LogP contribution in [0.4, 0.5) is 0 Å². The summed E-state index contributed by atoms with van der Waals surface area (Å²) in [5.74, 6) is -0.383. The third-order valence-corrected chi connectivity index (χ3v) is 5.46. The highest BCUT2D eigenvalue weighted by Gasteiger charge is 2.25. The minimum absolute atomic E-state index is 0.195. The fraction of sp³-hybridized carbons (Fsp3) is 0.143. The summed E-state index contributed by atoms with van der Waals surface area (Å²) in [6.45, 7) is 2.46. The van der Waals surface area contributed by atoms with Gasteiger partial charge in [-0.05, 0) is 48.0 Å². The highest BCUT2D eigenvalue weighted by Crippen LogP contribution is 2.25. The molecule has 7 nitrogen and oxygen atoms in total. The number of carbonyl (C=O) groups is 2. The summed E-state index contributed by atoms with van der Waals surface area (Å²) in [6, 6.07) is 13.6. The van der Waals surface area contributed by atoms with Crippen LogP contribution in [0.25, 0.3) is 0 Å². The van der Waals surface area contributed by atoms with Gasteiger partial charge in [0.05, 0.1) is 18.2 Å². The maximum Gasteiger partial charge on any atom is 0.331 e. The average molecular weight is 488 g/mol. The summed E-state index contributed by atoms with van der Waals surface area (Å²) in [7, 11) is 1.24. The minimum atomic E-state index is -0.609. The third kappa shape index (κ3) is 5.80. The van der Waals surface area contributed by atoms with Gasteiger partial charge in [0, 0.05) is 16.1 Å². The van der Waals surface area contributed by atoms with Crippen LogP contribution in [0.1, 0.15) is 16.7 Å². The number of aryl methyl sites for hydroxylation is 1. The molecule has 9 heteroatoms. The number of esters is 1. The molecule has 0 atom stereocenters. The van der Waals surface area contributed by atoms with Gasteiger partial charge in [-0.15, -0.1) is 5.10 Å². The van der Waals surface area contributed by atoms with E-state index in [-0.39, 0.29) is 10.1 Å². The second-order valence-corrected chi connectivity index (χ2v) is 8.08. The predicted octanol–water partition coefficient (Wildman–Crippen LogP) is 3.95. The molecule has 154 valence electrons. The molecule has 0 bridgehead atoms. The van der Waals surface area contributed by atoms with Gasteiger partial charge in [-0.3, -0.25) is 10.1 Å². The molecule has 1 N–H and O–H groups in total. The molecule has 1 amide bonds. The zero-order valence-electron chi connectivity index (χ0n) is 16.2. The second kappa shape index (κ2) is 10.2.